The lowest BCUT2D eigenvalue weighted by Crippen LogP contribution is -2.34. The zero-order chi connectivity index (χ0) is 18.1. The van der Waals surface area contributed by atoms with E-state index in [1.54, 1.807) is 20.2 Å². The maximum absolute atomic E-state index is 12.2. The van der Waals surface area contributed by atoms with E-state index in [2.05, 4.69) is 45.1 Å². The van der Waals surface area contributed by atoms with Crippen molar-refractivity contribution in [3.8, 4) is 5.75 Å². The van der Waals surface area contributed by atoms with Crippen molar-refractivity contribution >= 4 is 5.91 Å². The number of likely N-dealkylation sites (tertiary alicyclic amines) is 2. The van der Waals surface area contributed by atoms with E-state index in [0.29, 0.717) is 11.8 Å². The van der Waals surface area contributed by atoms with Gasteiger partial charge in [-0.3, -0.25) is 14.7 Å². The van der Waals surface area contributed by atoms with Gasteiger partial charge in [-0.2, -0.15) is 0 Å². The molecule has 2 aliphatic rings. The van der Waals surface area contributed by atoms with Gasteiger partial charge in [0.2, 0.25) is 5.91 Å². The Labute approximate surface area is 154 Å². The predicted octanol–water partition coefficient (Wildman–Crippen LogP) is 2.74. The molecule has 3 atom stereocenters. The van der Waals surface area contributed by atoms with Gasteiger partial charge >= 0.3 is 0 Å². The summed E-state index contributed by atoms with van der Waals surface area (Å²) >= 11 is 0. The second kappa shape index (κ2) is 7.08. The molecule has 1 amide bonds. The molecule has 2 aromatic rings. The highest BCUT2D eigenvalue weighted by atomic mass is 16.5. The first kappa shape index (κ1) is 17.0. The van der Waals surface area contributed by atoms with Crippen LogP contribution < -0.4 is 4.74 Å². The molecular formula is C21H25N3O2. The Morgan fingerprint density at radius 1 is 1.19 bits per heavy atom. The van der Waals surface area contributed by atoms with E-state index in [0.717, 1.165) is 31.9 Å². The molecule has 0 unspecified atom stereocenters. The van der Waals surface area contributed by atoms with Crippen LogP contribution in [0.1, 0.15) is 24.1 Å². The highest BCUT2D eigenvalue weighted by Gasteiger charge is 2.48. The summed E-state index contributed by atoms with van der Waals surface area (Å²) < 4.78 is 5.28. The number of hydrogen-bond donors (Lipinski definition) is 0. The van der Waals surface area contributed by atoms with Gasteiger partial charge in [0.05, 0.1) is 19.3 Å². The molecule has 0 N–H and O–H groups in total. The van der Waals surface area contributed by atoms with Crippen LogP contribution in [-0.4, -0.2) is 47.4 Å². The lowest BCUT2D eigenvalue weighted by Gasteiger charge is -2.29. The number of rotatable bonds is 4. The van der Waals surface area contributed by atoms with Crippen molar-refractivity contribution < 1.29 is 9.53 Å². The Morgan fingerprint density at radius 3 is 2.73 bits per heavy atom. The average molecular weight is 351 g/mol. The fraction of sp³-hybridized carbons (Fsp3) is 0.429. The van der Waals surface area contributed by atoms with Crippen LogP contribution in [0.5, 0.6) is 5.75 Å². The molecule has 1 aromatic carbocycles. The van der Waals surface area contributed by atoms with Crippen LogP contribution in [-0.2, 0) is 11.3 Å². The Balaban J connectivity index is 1.52. The Morgan fingerprint density at radius 2 is 2.00 bits per heavy atom. The van der Waals surface area contributed by atoms with Crippen molar-refractivity contribution in [2.45, 2.75) is 19.5 Å². The first-order valence-corrected chi connectivity index (χ1v) is 9.18. The third kappa shape index (κ3) is 3.19. The van der Waals surface area contributed by atoms with Crippen molar-refractivity contribution in [1.29, 1.82) is 0 Å². The van der Waals surface area contributed by atoms with E-state index in [9.17, 15) is 4.79 Å². The Kier molecular flexibility index (Phi) is 4.64. The zero-order valence-corrected chi connectivity index (χ0v) is 15.3. The number of methoxy groups -OCH3 is 1. The molecule has 0 bridgehead atoms. The second-order valence-electron chi connectivity index (χ2n) is 7.38. The molecule has 2 aliphatic heterocycles. The van der Waals surface area contributed by atoms with Gasteiger partial charge in [-0.05, 0) is 23.1 Å². The highest BCUT2D eigenvalue weighted by molar-refractivity contribution is 5.74. The van der Waals surface area contributed by atoms with E-state index < -0.39 is 0 Å². The molecule has 0 saturated carbocycles. The molecule has 3 heterocycles. The maximum Gasteiger partial charge on any atom is 0.219 e. The van der Waals surface area contributed by atoms with Gasteiger partial charge in [0.25, 0.3) is 0 Å². The third-order valence-corrected chi connectivity index (χ3v) is 5.70. The van der Waals surface area contributed by atoms with Gasteiger partial charge in [-0.1, -0.05) is 30.3 Å². The SMILES string of the molecule is COc1cncc(CN2C[C@@H]3CN(C(C)=O)[C@H](c4ccccc4)[C@@H]3C2)c1. The van der Waals surface area contributed by atoms with Crippen molar-refractivity contribution in [2.75, 3.05) is 26.7 Å². The summed E-state index contributed by atoms with van der Waals surface area (Å²) in [5.74, 6) is 1.99. The number of amides is 1. The number of hydrogen-bond acceptors (Lipinski definition) is 4. The number of pyridine rings is 1. The van der Waals surface area contributed by atoms with Gasteiger partial charge in [-0.15, -0.1) is 0 Å². The quantitative estimate of drug-likeness (QED) is 0.850. The maximum atomic E-state index is 12.2. The number of nitrogens with zero attached hydrogens (tertiary/aromatic N) is 3. The van der Waals surface area contributed by atoms with E-state index in [1.807, 2.05) is 12.3 Å². The van der Waals surface area contributed by atoms with Crippen molar-refractivity contribution in [1.82, 2.24) is 14.8 Å². The van der Waals surface area contributed by atoms with E-state index in [1.165, 1.54) is 11.1 Å². The van der Waals surface area contributed by atoms with Crippen LogP contribution >= 0.6 is 0 Å². The van der Waals surface area contributed by atoms with Gasteiger partial charge in [0.1, 0.15) is 5.75 Å². The monoisotopic (exact) mass is 351 g/mol. The topological polar surface area (TPSA) is 45.7 Å². The highest BCUT2D eigenvalue weighted by Crippen LogP contribution is 2.45. The third-order valence-electron chi connectivity index (χ3n) is 5.70. The number of fused-ring (bicyclic) bond motifs is 1. The minimum absolute atomic E-state index is 0.178. The molecule has 1 aromatic heterocycles. The molecule has 0 radical (unpaired) electrons. The summed E-state index contributed by atoms with van der Waals surface area (Å²) in [5.41, 5.74) is 2.42. The molecule has 5 nitrogen and oxygen atoms in total. The van der Waals surface area contributed by atoms with E-state index in [4.69, 9.17) is 4.74 Å². The van der Waals surface area contributed by atoms with Gasteiger partial charge in [-0.25, -0.2) is 0 Å². The lowest BCUT2D eigenvalue weighted by molar-refractivity contribution is -0.130. The Bertz CT molecular complexity index is 780. The van der Waals surface area contributed by atoms with E-state index in [-0.39, 0.29) is 11.9 Å². The number of carbonyl (C=O) groups excluding carboxylic acids is 1. The van der Waals surface area contributed by atoms with Crippen LogP contribution in [0.3, 0.4) is 0 Å². The van der Waals surface area contributed by atoms with Crippen LogP contribution in [0, 0.1) is 11.8 Å². The Hall–Kier alpha value is -2.40. The number of benzene rings is 1. The number of carbonyl (C=O) groups is 1. The van der Waals surface area contributed by atoms with Gasteiger partial charge < -0.3 is 9.64 Å². The molecular weight excluding hydrogens is 326 g/mol. The standard InChI is InChI=1S/C21H25N3O2/c1-15(25)24-13-18-12-23(11-16-8-19(26-2)10-22-9-16)14-20(18)21(24)17-6-4-3-5-7-17/h3-10,18,20-21H,11-14H2,1-2H3/t18-,20-,21-/m1/s1. The first-order chi connectivity index (χ1) is 12.7. The minimum atomic E-state index is 0.178. The summed E-state index contributed by atoms with van der Waals surface area (Å²) in [5, 5.41) is 0. The summed E-state index contributed by atoms with van der Waals surface area (Å²) in [6, 6.07) is 12.7. The summed E-state index contributed by atoms with van der Waals surface area (Å²) in [6.45, 7) is 5.45. The first-order valence-electron chi connectivity index (χ1n) is 9.18. The number of ether oxygens (including phenoxy) is 1. The van der Waals surface area contributed by atoms with Crippen LogP contribution in [0.25, 0.3) is 0 Å². The van der Waals surface area contributed by atoms with E-state index >= 15 is 0 Å². The van der Waals surface area contributed by atoms with Crippen molar-refractivity contribution in [3.05, 3.63) is 59.9 Å². The zero-order valence-electron chi connectivity index (χ0n) is 15.3. The summed E-state index contributed by atoms with van der Waals surface area (Å²) in [6.07, 6.45) is 3.64. The molecule has 0 aliphatic carbocycles. The molecule has 0 spiro atoms. The normalized spacial score (nSPS) is 25.3. The molecule has 136 valence electrons. The molecule has 26 heavy (non-hydrogen) atoms. The fourth-order valence-electron chi connectivity index (χ4n) is 4.59. The molecule has 5 heteroatoms. The summed E-state index contributed by atoms with van der Waals surface area (Å²) in [7, 11) is 1.67. The van der Waals surface area contributed by atoms with Crippen molar-refractivity contribution in [3.63, 3.8) is 0 Å². The summed E-state index contributed by atoms with van der Waals surface area (Å²) in [4.78, 5) is 21.0. The number of aromatic nitrogens is 1. The smallest absolute Gasteiger partial charge is 0.219 e. The van der Waals surface area contributed by atoms with Gasteiger partial charge in [0.15, 0.2) is 0 Å². The second-order valence-corrected chi connectivity index (χ2v) is 7.38. The van der Waals surface area contributed by atoms with Crippen LogP contribution in [0.15, 0.2) is 48.8 Å². The fourth-order valence-corrected chi connectivity index (χ4v) is 4.59. The van der Waals surface area contributed by atoms with Gasteiger partial charge in [0, 0.05) is 45.2 Å². The minimum Gasteiger partial charge on any atom is -0.495 e. The predicted molar refractivity (Wildman–Crippen MR) is 99.6 cm³/mol. The van der Waals surface area contributed by atoms with Crippen molar-refractivity contribution in [2.24, 2.45) is 11.8 Å². The molecule has 2 saturated heterocycles. The van der Waals surface area contributed by atoms with Crippen LogP contribution in [0.4, 0.5) is 0 Å². The molecule has 2 fully saturated rings. The van der Waals surface area contributed by atoms with Crippen LogP contribution in [0.2, 0.25) is 0 Å². The average Bonchev–Trinajstić information content (AvgIpc) is 3.19. The lowest BCUT2D eigenvalue weighted by atomic mass is 9.89. The molecule has 4 rings (SSSR count). The largest absolute Gasteiger partial charge is 0.495 e.